The summed E-state index contributed by atoms with van der Waals surface area (Å²) in [5, 5.41) is 0. The molecule has 0 radical (unpaired) electrons. The standard InChI is InChI=1S/C11H16.C8H10/c1-4-10-5-7-11(8-6-10)9(2)3;1-7-3-5-8(2)6-4-7/h5-9H,4H2,1-3H3;3-6H,1-2H3. The monoisotopic (exact) mass is 254 g/mol. The van der Waals surface area contributed by atoms with Crippen molar-refractivity contribution in [3.05, 3.63) is 70.8 Å². The first-order valence-corrected chi connectivity index (χ1v) is 7.15. The Balaban J connectivity index is 0.000000200. The van der Waals surface area contributed by atoms with Crippen LogP contribution in [0.1, 0.15) is 48.9 Å². The molecule has 0 fully saturated rings. The third-order valence-corrected chi connectivity index (χ3v) is 3.27. The van der Waals surface area contributed by atoms with Gasteiger partial charge in [0.05, 0.1) is 0 Å². The van der Waals surface area contributed by atoms with E-state index in [1.54, 1.807) is 0 Å². The van der Waals surface area contributed by atoms with Crippen LogP contribution in [0, 0.1) is 13.8 Å². The normalized spacial score (nSPS) is 10.0. The zero-order chi connectivity index (χ0) is 14.3. The lowest BCUT2D eigenvalue weighted by Gasteiger charge is -2.04. The second-order valence-corrected chi connectivity index (χ2v) is 5.40. The number of benzene rings is 2. The molecule has 0 amide bonds. The molecule has 0 bridgehead atoms. The quantitative estimate of drug-likeness (QED) is 0.647. The molecule has 0 spiro atoms. The first kappa shape index (κ1) is 15.5. The van der Waals surface area contributed by atoms with Crippen LogP contribution in [0.2, 0.25) is 0 Å². The molecule has 2 aromatic rings. The SMILES string of the molecule is CCc1ccc(C(C)C)cc1.Cc1ccc(C)cc1. The zero-order valence-electron chi connectivity index (χ0n) is 12.9. The zero-order valence-corrected chi connectivity index (χ0v) is 12.9. The van der Waals surface area contributed by atoms with Crippen molar-refractivity contribution >= 4 is 0 Å². The van der Waals surface area contributed by atoms with Gasteiger partial charge in [-0.1, -0.05) is 80.4 Å². The minimum absolute atomic E-state index is 0.654. The number of hydrogen-bond acceptors (Lipinski definition) is 0. The lowest BCUT2D eigenvalue weighted by molar-refractivity contribution is 0.865. The molecule has 2 aromatic carbocycles. The van der Waals surface area contributed by atoms with E-state index in [1.807, 2.05) is 0 Å². The van der Waals surface area contributed by atoms with Gasteiger partial charge in [-0.15, -0.1) is 0 Å². The van der Waals surface area contributed by atoms with Crippen LogP contribution in [0.4, 0.5) is 0 Å². The average molecular weight is 254 g/mol. The lowest BCUT2D eigenvalue weighted by atomic mass is 10.0. The van der Waals surface area contributed by atoms with Gasteiger partial charge < -0.3 is 0 Å². The van der Waals surface area contributed by atoms with Gasteiger partial charge in [0.2, 0.25) is 0 Å². The van der Waals surface area contributed by atoms with Crippen LogP contribution in [0.5, 0.6) is 0 Å². The molecule has 0 unspecified atom stereocenters. The van der Waals surface area contributed by atoms with Crippen LogP contribution in [0.3, 0.4) is 0 Å². The summed E-state index contributed by atoms with van der Waals surface area (Å²) in [4.78, 5) is 0. The van der Waals surface area contributed by atoms with Gasteiger partial charge in [-0.05, 0) is 37.3 Å². The minimum Gasteiger partial charge on any atom is -0.0613 e. The van der Waals surface area contributed by atoms with Crippen LogP contribution in [-0.4, -0.2) is 0 Å². The Morgan fingerprint density at radius 2 is 1.16 bits per heavy atom. The Labute approximate surface area is 118 Å². The van der Waals surface area contributed by atoms with Gasteiger partial charge >= 0.3 is 0 Å². The summed E-state index contributed by atoms with van der Waals surface area (Å²) in [5.74, 6) is 0.654. The van der Waals surface area contributed by atoms with Crippen molar-refractivity contribution in [2.75, 3.05) is 0 Å². The molecule has 0 saturated heterocycles. The van der Waals surface area contributed by atoms with Gasteiger partial charge in [0.25, 0.3) is 0 Å². The molecule has 0 aliphatic heterocycles. The van der Waals surface area contributed by atoms with Gasteiger partial charge in [-0.3, -0.25) is 0 Å². The van der Waals surface area contributed by atoms with Gasteiger partial charge in [0, 0.05) is 0 Å². The molecule has 0 aliphatic carbocycles. The first-order chi connectivity index (χ1) is 9.02. The molecule has 0 aromatic heterocycles. The Bertz CT molecular complexity index is 439. The summed E-state index contributed by atoms with van der Waals surface area (Å²) in [6, 6.07) is 17.4. The van der Waals surface area contributed by atoms with Crippen LogP contribution in [0.25, 0.3) is 0 Å². The molecule has 0 N–H and O–H groups in total. The Hall–Kier alpha value is -1.56. The van der Waals surface area contributed by atoms with Gasteiger partial charge in [0.1, 0.15) is 0 Å². The summed E-state index contributed by atoms with van der Waals surface area (Å²) in [6.07, 6.45) is 1.14. The van der Waals surface area contributed by atoms with E-state index in [1.165, 1.54) is 22.3 Å². The van der Waals surface area contributed by atoms with Crippen molar-refractivity contribution in [3.63, 3.8) is 0 Å². The maximum absolute atomic E-state index is 2.23. The average Bonchev–Trinajstić information content (AvgIpc) is 2.43. The van der Waals surface area contributed by atoms with Crippen molar-refractivity contribution < 1.29 is 0 Å². The summed E-state index contributed by atoms with van der Waals surface area (Å²) >= 11 is 0. The molecule has 19 heavy (non-hydrogen) atoms. The fraction of sp³-hybridized carbons (Fsp3) is 0.368. The minimum atomic E-state index is 0.654. The summed E-state index contributed by atoms with van der Waals surface area (Å²) in [6.45, 7) is 10.8. The molecular formula is C19H26. The summed E-state index contributed by atoms with van der Waals surface area (Å²) in [5.41, 5.74) is 5.52. The molecule has 0 heterocycles. The molecule has 0 heteroatoms. The van der Waals surface area contributed by atoms with E-state index in [-0.39, 0.29) is 0 Å². The maximum atomic E-state index is 2.23. The van der Waals surface area contributed by atoms with Gasteiger partial charge in [-0.25, -0.2) is 0 Å². The Morgan fingerprint density at radius 1 is 0.737 bits per heavy atom. The molecular weight excluding hydrogens is 228 g/mol. The molecule has 0 atom stereocenters. The van der Waals surface area contributed by atoms with E-state index < -0.39 is 0 Å². The van der Waals surface area contributed by atoms with Crippen molar-refractivity contribution in [3.8, 4) is 0 Å². The van der Waals surface area contributed by atoms with E-state index >= 15 is 0 Å². The first-order valence-electron chi connectivity index (χ1n) is 7.15. The third kappa shape index (κ3) is 5.74. The van der Waals surface area contributed by atoms with Gasteiger partial charge in [0.15, 0.2) is 0 Å². The second kappa shape index (κ2) is 7.78. The number of rotatable bonds is 2. The number of aryl methyl sites for hydroxylation is 3. The highest BCUT2D eigenvalue weighted by Gasteiger charge is 1.96. The predicted molar refractivity (Wildman–Crippen MR) is 85.8 cm³/mol. The highest BCUT2D eigenvalue weighted by Crippen LogP contribution is 2.14. The van der Waals surface area contributed by atoms with Gasteiger partial charge in [-0.2, -0.15) is 0 Å². The molecule has 2 rings (SSSR count). The van der Waals surface area contributed by atoms with E-state index in [9.17, 15) is 0 Å². The van der Waals surface area contributed by atoms with E-state index in [0.717, 1.165) is 6.42 Å². The highest BCUT2D eigenvalue weighted by molar-refractivity contribution is 5.24. The van der Waals surface area contributed by atoms with Crippen molar-refractivity contribution in [1.29, 1.82) is 0 Å². The van der Waals surface area contributed by atoms with E-state index in [2.05, 4.69) is 83.1 Å². The molecule has 0 nitrogen and oxygen atoms in total. The third-order valence-electron chi connectivity index (χ3n) is 3.27. The fourth-order valence-electron chi connectivity index (χ4n) is 1.78. The lowest BCUT2D eigenvalue weighted by Crippen LogP contribution is -1.87. The second-order valence-electron chi connectivity index (χ2n) is 5.40. The predicted octanol–water partition coefficient (Wildman–Crippen LogP) is 5.68. The molecule has 0 aliphatic rings. The Kier molecular flexibility index (Phi) is 6.35. The Morgan fingerprint density at radius 3 is 1.47 bits per heavy atom. The van der Waals surface area contributed by atoms with Crippen molar-refractivity contribution in [1.82, 2.24) is 0 Å². The largest absolute Gasteiger partial charge is 0.0613 e. The van der Waals surface area contributed by atoms with Crippen LogP contribution in [-0.2, 0) is 6.42 Å². The summed E-state index contributed by atoms with van der Waals surface area (Å²) in [7, 11) is 0. The topological polar surface area (TPSA) is 0 Å². The van der Waals surface area contributed by atoms with Crippen LogP contribution < -0.4 is 0 Å². The smallest absolute Gasteiger partial charge is 0.0219 e. The van der Waals surface area contributed by atoms with Crippen molar-refractivity contribution in [2.45, 2.75) is 47.0 Å². The molecule has 0 saturated carbocycles. The fourth-order valence-corrected chi connectivity index (χ4v) is 1.78. The number of hydrogen-bond donors (Lipinski definition) is 0. The highest BCUT2D eigenvalue weighted by atomic mass is 14.0. The molecule has 102 valence electrons. The van der Waals surface area contributed by atoms with Crippen LogP contribution >= 0.6 is 0 Å². The van der Waals surface area contributed by atoms with E-state index in [4.69, 9.17) is 0 Å². The van der Waals surface area contributed by atoms with E-state index in [0.29, 0.717) is 5.92 Å². The summed E-state index contributed by atoms with van der Waals surface area (Å²) < 4.78 is 0. The van der Waals surface area contributed by atoms with Crippen LogP contribution in [0.15, 0.2) is 48.5 Å². The van der Waals surface area contributed by atoms with Crippen molar-refractivity contribution in [2.24, 2.45) is 0 Å². The maximum Gasteiger partial charge on any atom is -0.0219 e.